The third kappa shape index (κ3) is 4.72. The van der Waals surface area contributed by atoms with Gasteiger partial charge in [-0.3, -0.25) is 0 Å². The number of rotatable bonds is 4. The van der Waals surface area contributed by atoms with Crippen molar-refractivity contribution in [3.8, 4) is 22.3 Å². The van der Waals surface area contributed by atoms with E-state index in [1.54, 1.807) is 10.4 Å². The van der Waals surface area contributed by atoms with Crippen LogP contribution in [0.4, 0.5) is 0 Å². The SMILES string of the molecule is Cc1[cH-]c2cccc(-c3ccc4c5c(cccc35)C=C4)c2c1[Si](C)(C)c1c(C)[cH-]c2cccc(-c3ccc4c5c(cccc35)C=C4)c12.[Cl-].[Cl-].[Zr+4]. The van der Waals surface area contributed by atoms with Gasteiger partial charge in [0, 0.05) is 8.07 Å². The monoisotopic (exact) mass is 774 g/mol. The van der Waals surface area contributed by atoms with Gasteiger partial charge in [0.05, 0.1) is 0 Å². The van der Waals surface area contributed by atoms with Gasteiger partial charge in [-0.25, -0.2) is 0 Å². The van der Waals surface area contributed by atoms with Crippen LogP contribution in [-0.4, -0.2) is 8.07 Å². The maximum atomic E-state index is 2.60. The Morgan fingerprint density at radius 3 is 1.22 bits per heavy atom. The Labute approximate surface area is 326 Å². The summed E-state index contributed by atoms with van der Waals surface area (Å²) >= 11 is 0. The van der Waals surface area contributed by atoms with Crippen molar-refractivity contribution in [1.82, 2.24) is 0 Å². The molecule has 2 aliphatic carbocycles. The first kappa shape index (κ1) is 34.7. The molecule has 0 aliphatic heterocycles. The van der Waals surface area contributed by atoms with Gasteiger partial charge in [-0.05, 0) is 54.9 Å². The maximum absolute atomic E-state index is 2.60. The number of hydrogen-bond acceptors (Lipinski definition) is 0. The second kappa shape index (κ2) is 12.5. The van der Waals surface area contributed by atoms with Crippen LogP contribution in [-0.2, 0) is 26.2 Å². The molecule has 0 radical (unpaired) electrons. The van der Waals surface area contributed by atoms with Crippen molar-refractivity contribution in [1.29, 1.82) is 0 Å². The van der Waals surface area contributed by atoms with E-state index in [-0.39, 0.29) is 51.0 Å². The summed E-state index contributed by atoms with van der Waals surface area (Å²) in [5.41, 5.74) is 13.5. The zero-order valence-electron chi connectivity index (χ0n) is 28.5. The van der Waals surface area contributed by atoms with Crippen molar-refractivity contribution >= 4 is 85.8 Å². The minimum absolute atomic E-state index is 0. The summed E-state index contributed by atoms with van der Waals surface area (Å²) in [5, 5.41) is 14.2. The van der Waals surface area contributed by atoms with Gasteiger partial charge in [0.25, 0.3) is 0 Å². The van der Waals surface area contributed by atoms with Gasteiger partial charge in [-0.15, -0.1) is 69.1 Å². The van der Waals surface area contributed by atoms with Crippen molar-refractivity contribution < 1.29 is 51.0 Å². The zero-order chi connectivity index (χ0) is 31.6. The summed E-state index contributed by atoms with van der Waals surface area (Å²) in [4.78, 5) is 0. The molecule has 0 saturated heterocycles. The molecular formula is C46H34Cl2SiZr. The Morgan fingerprint density at radius 1 is 0.420 bits per heavy atom. The van der Waals surface area contributed by atoms with Crippen molar-refractivity contribution in [3.05, 3.63) is 143 Å². The second-order valence-electron chi connectivity index (χ2n) is 14.2. The summed E-state index contributed by atoms with van der Waals surface area (Å²) in [7, 11) is -2.28. The molecule has 0 heterocycles. The van der Waals surface area contributed by atoms with E-state index in [9.17, 15) is 0 Å². The van der Waals surface area contributed by atoms with Crippen molar-refractivity contribution in [2.24, 2.45) is 0 Å². The Morgan fingerprint density at radius 2 is 0.800 bits per heavy atom. The molecule has 0 atom stereocenters. The van der Waals surface area contributed by atoms with Gasteiger partial charge in [-0.1, -0.05) is 135 Å². The smallest absolute Gasteiger partial charge is 1.00 e. The molecule has 0 N–H and O–H groups in total. The van der Waals surface area contributed by atoms with E-state index >= 15 is 0 Å². The minimum atomic E-state index is -2.28. The van der Waals surface area contributed by atoms with Crippen molar-refractivity contribution in [2.45, 2.75) is 26.9 Å². The number of aryl methyl sites for hydroxylation is 2. The molecule has 2 aliphatic rings. The fraction of sp³-hybridized carbons (Fsp3) is 0.0870. The van der Waals surface area contributed by atoms with Crippen LogP contribution in [0.3, 0.4) is 0 Å². The van der Waals surface area contributed by atoms with Gasteiger partial charge < -0.3 is 24.8 Å². The number of benzene rings is 6. The average Bonchev–Trinajstić information content (AvgIpc) is 3.85. The van der Waals surface area contributed by atoms with E-state index in [1.165, 1.54) is 98.7 Å². The van der Waals surface area contributed by atoms with E-state index < -0.39 is 8.07 Å². The van der Waals surface area contributed by atoms with Crippen LogP contribution in [0, 0.1) is 13.8 Å². The normalized spacial score (nSPS) is 12.6. The van der Waals surface area contributed by atoms with E-state index in [1.807, 2.05) is 0 Å². The number of halogens is 2. The first-order valence-electron chi connectivity index (χ1n) is 16.8. The van der Waals surface area contributed by atoms with Gasteiger partial charge in [0.15, 0.2) is 0 Å². The zero-order valence-corrected chi connectivity index (χ0v) is 33.4. The third-order valence-corrected chi connectivity index (χ3v) is 14.9. The Balaban J connectivity index is 0.00000131. The molecule has 0 fully saturated rings. The summed E-state index contributed by atoms with van der Waals surface area (Å²) in [6, 6.07) is 41.7. The standard InChI is InChI=1S/C46H34Si.2ClH.Zr/c1-27-25-33-11-7-15-39(35-23-21-31-19-17-29-9-5-13-37(35)41(29)31)43(33)45(27)47(3,4)46-28(2)26-34-12-8-16-40(44(34)46)36-24-22-32-20-18-30-10-6-14-38(36)42(30)32;;;/h5-26H,1-4H3;2*1H;/q-2;;;+4/p-2. The van der Waals surface area contributed by atoms with Crippen LogP contribution in [0.15, 0.2) is 109 Å². The van der Waals surface area contributed by atoms with Crippen LogP contribution in [0.2, 0.25) is 13.1 Å². The van der Waals surface area contributed by atoms with Crippen LogP contribution < -0.4 is 35.2 Å². The molecule has 0 spiro atoms. The first-order chi connectivity index (χ1) is 22.9. The fourth-order valence-electron chi connectivity index (χ4n) is 9.44. The van der Waals surface area contributed by atoms with E-state index in [0.717, 1.165) is 0 Å². The third-order valence-electron chi connectivity index (χ3n) is 11.2. The molecule has 0 aromatic heterocycles. The van der Waals surface area contributed by atoms with E-state index in [2.05, 4.69) is 160 Å². The quantitative estimate of drug-likeness (QED) is 0.164. The second-order valence-corrected chi connectivity index (χ2v) is 18.4. The van der Waals surface area contributed by atoms with Crippen molar-refractivity contribution in [2.75, 3.05) is 0 Å². The van der Waals surface area contributed by atoms with Gasteiger partial charge >= 0.3 is 26.2 Å². The summed E-state index contributed by atoms with van der Waals surface area (Å²) in [6.07, 6.45) is 9.04. The Kier molecular flexibility index (Phi) is 8.64. The Bertz CT molecular complexity index is 2520. The fourth-order valence-corrected chi connectivity index (χ4v) is 13.6. The number of hydrogen-bond donors (Lipinski definition) is 0. The largest absolute Gasteiger partial charge is 4.00 e. The molecule has 8 aromatic rings. The van der Waals surface area contributed by atoms with Gasteiger partial charge in [0.1, 0.15) is 0 Å². The summed E-state index contributed by atoms with van der Waals surface area (Å²) in [5.74, 6) is 0. The van der Waals surface area contributed by atoms with Crippen LogP contribution in [0.5, 0.6) is 0 Å². The molecule has 0 unspecified atom stereocenters. The molecule has 4 heteroatoms. The molecule has 50 heavy (non-hydrogen) atoms. The average molecular weight is 777 g/mol. The van der Waals surface area contributed by atoms with Gasteiger partial charge in [-0.2, -0.15) is 10.4 Å². The van der Waals surface area contributed by atoms with Crippen LogP contribution in [0.25, 0.3) is 89.6 Å². The van der Waals surface area contributed by atoms with Crippen molar-refractivity contribution in [3.63, 3.8) is 0 Å². The summed E-state index contributed by atoms with van der Waals surface area (Å²) < 4.78 is 0. The maximum Gasteiger partial charge on any atom is 4.00 e. The van der Waals surface area contributed by atoms with E-state index in [0.29, 0.717) is 0 Å². The molecule has 0 nitrogen and oxygen atoms in total. The predicted octanol–water partition coefficient (Wildman–Crippen LogP) is 5.48. The molecule has 0 saturated carbocycles. The Hall–Kier alpha value is -3.78. The van der Waals surface area contributed by atoms with Gasteiger partial charge in [0.2, 0.25) is 0 Å². The minimum Gasteiger partial charge on any atom is -1.00 e. The molecular weight excluding hydrogens is 743 g/mol. The first-order valence-corrected chi connectivity index (χ1v) is 19.8. The van der Waals surface area contributed by atoms with Crippen LogP contribution >= 0.6 is 0 Å². The predicted molar refractivity (Wildman–Crippen MR) is 209 cm³/mol. The molecule has 0 amide bonds. The molecule has 240 valence electrons. The molecule has 10 rings (SSSR count). The van der Waals surface area contributed by atoms with E-state index in [4.69, 9.17) is 0 Å². The number of fused-ring (bicyclic) bond motifs is 2. The topological polar surface area (TPSA) is 0 Å². The summed E-state index contributed by atoms with van der Waals surface area (Å²) in [6.45, 7) is 9.89. The van der Waals surface area contributed by atoms with Crippen LogP contribution in [0.1, 0.15) is 33.4 Å². The molecule has 8 aromatic carbocycles. The molecule has 0 bridgehead atoms.